The molecule has 4 nitrogen and oxygen atoms in total. The second-order valence-corrected chi connectivity index (χ2v) is 6.50. The lowest BCUT2D eigenvalue weighted by Crippen LogP contribution is -2.30. The first kappa shape index (κ1) is 18.6. The van der Waals surface area contributed by atoms with E-state index in [1.165, 1.54) is 0 Å². The lowest BCUT2D eigenvalue weighted by atomic mass is 10.2. The van der Waals surface area contributed by atoms with E-state index < -0.39 is 0 Å². The van der Waals surface area contributed by atoms with Gasteiger partial charge < -0.3 is 10.1 Å². The van der Waals surface area contributed by atoms with Crippen LogP contribution in [-0.2, 0) is 11.3 Å². The first-order valence-electron chi connectivity index (χ1n) is 7.46. The normalized spacial score (nSPS) is 10.8. The molecule has 0 aliphatic rings. The van der Waals surface area contributed by atoms with E-state index in [2.05, 4.69) is 5.32 Å². The second-order valence-electron chi connectivity index (χ2n) is 5.65. The van der Waals surface area contributed by atoms with Gasteiger partial charge in [0.15, 0.2) is 0 Å². The molecule has 0 aliphatic carbocycles. The van der Waals surface area contributed by atoms with Crippen molar-refractivity contribution in [3.05, 3.63) is 57.6 Å². The van der Waals surface area contributed by atoms with Crippen molar-refractivity contribution in [1.82, 2.24) is 4.90 Å². The van der Waals surface area contributed by atoms with E-state index in [4.69, 9.17) is 27.9 Å². The molecule has 0 radical (unpaired) electrons. The molecule has 128 valence electrons. The fraction of sp³-hybridized carbons (Fsp3) is 0.278. The third-order valence-electron chi connectivity index (χ3n) is 3.51. The van der Waals surface area contributed by atoms with Gasteiger partial charge in [-0.25, -0.2) is 0 Å². The third kappa shape index (κ3) is 5.13. The number of amides is 1. The van der Waals surface area contributed by atoms with Crippen molar-refractivity contribution < 1.29 is 9.53 Å². The first-order valence-corrected chi connectivity index (χ1v) is 8.21. The van der Waals surface area contributed by atoms with Crippen LogP contribution in [0.25, 0.3) is 0 Å². The Bertz CT molecular complexity index is 735. The zero-order valence-corrected chi connectivity index (χ0v) is 15.4. The Balaban J connectivity index is 1.99. The molecule has 0 unspecified atom stereocenters. The number of aryl methyl sites for hydroxylation is 1. The van der Waals surface area contributed by atoms with Gasteiger partial charge in [-0.3, -0.25) is 9.69 Å². The Morgan fingerprint density at radius 3 is 2.67 bits per heavy atom. The average Bonchev–Trinajstić information content (AvgIpc) is 2.50. The highest BCUT2D eigenvalue weighted by molar-refractivity contribution is 6.31. The van der Waals surface area contributed by atoms with Crippen molar-refractivity contribution in [3.8, 4) is 5.75 Å². The molecule has 24 heavy (non-hydrogen) atoms. The number of hydrogen-bond acceptors (Lipinski definition) is 3. The van der Waals surface area contributed by atoms with Crippen molar-refractivity contribution in [2.45, 2.75) is 13.5 Å². The number of rotatable bonds is 6. The molecule has 0 spiro atoms. The van der Waals surface area contributed by atoms with Gasteiger partial charge in [0, 0.05) is 22.7 Å². The summed E-state index contributed by atoms with van der Waals surface area (Å²) in [4.78, 5) is 14.2. The SMILES string of the molecule is COc1cc(Cl)c(C)cc1NC(=O)CN(C)Cc1cccc(Cl)c1. The van der Waals surface area contributed by atoms with Gasteiger partial charge in [0.1, 0.15) is 5.75 Å². The number of benzene rings is 2. The van der Waals surface area contributed by atoms with Crippen molar-refractivity contribution in [2.75, 3.05) is 26.0 Å². The Labute approximate surface area is 152 Å². The molecule has 0 bridgehead atoms. The van der Waals surface area contributed by atoms with Crippen LogP contribution in [0, 0.1) is 6.92 Å². The van der Waals surface area contributed by atoms with Gasteiger partial charge in [0.25, 0.3) is 0 Å². The lowest BCUT2D eigenvalue weighted by Gasteiger charge is -2.18. The summed E-state index contributed by atoms with van der Waals surface area (Å²) < 4.78 is 5.27. The Hall–Kier alpha value is -1.75. The molecule has 0 atom stereocenters. The van der Waals surface area contributed by atoms with Gasteiger partial charge in [-0.15, -0.1) is 0 Å². The van der Waals surface area contributed by atoms with Gasteiger partial charge in [-0.05, 0) is 43.3 Å². The highest BCUT2D eigenvalue weighted by Crippen LogP contribution is 2.30. The van der Waals surface area contributed by atoms with Gasteiger partial charge in [-0.1, -0.05) is 35.3 Å². The van der Waals surface area contributed by atoms with Crippen molar-refractivity contribution in [1.29, 1.82) is 0 Å². The summed E-state index contributed by atoms with van der Waals surface area (Å²) in [5.74, 6) is 0.413. The number of methoxy groups -OCH3 is 1. The number of carbonyl (C=O) groups is 1. The molecule has 0 saturated carbocycles. The molecular formula is C18H20Cl2N2O2. The van der Waals surface area contributed by atoms with Crippen LogP contribution in [0.4, 0.5) is 5.69 Å². The van der Waals surface area contributed by atoms with Crippen LogP contribution in [-0.4, -0.2) is 31.5 Å². The number of nitrogens with one attached hydrogen (secondary N) is 1. The van der Waals surface area contributed by atoms with Crippen molar-refractivity contribution in [3.63, 3.8) is 0 Å². The standard InChI is InChI=1S/C18H20Cl2N2O2/c1-12-7-16(17(24-3)9-15(12)20)21-18(23)11-22(2)10-13-5-4-6-14(19)8-13/h4-9H,10-11H2,1-3H3,(H,21,23). The number of hydrogen-bond donors (Lipinski definition) is 1. The largest absolute Gasteiger partial charge is 0.495 e. The van der Waals surface area contributed by atoms with Crippen LogP contribution >= 0.6 is 23.2 Å². The maximum Gasteiger partial charge on any atom is 0.238 e. The first-order chi connectivity index (χ1) is 11.4. The zero-order valence-electron chi connectivity index (χ0n) is 13.9. The number of anilines is 1. The van der Waals surface area contributed by atoms with Crippen LogP contribution in [0.5, 0.6) is 5.75 Å². The quantitative estimate of drug-likeness (QED) is 0.824. The summed E-state index contributed by atoms with van der Waals surface area (Å²) >= 11 is 12.1. The Morgan fingerprint density at radius 2 is 2.00 bits per heavy atom. The number of halogens is 2. The van der Waals surface area contributed by atoms with Crippen LogP contribution in [0.2, 0.25) is 10.0 Å². The molecule has 2 aromatic rings. The van der Waals surface area contributed by atoms with E-state index >= 15 is 0 Å². The van der Waals surface area contributed by atoms with E-state index in [9.17, 15) is 4.79 Å². The van der Waals surface area contributed by atoms with E-state index in [0.29, 0.717) is 28.0 Å². The molecule has 2 rings (SSSR count). The minimum absolute atomic E-state index is 0.125. The molecule has 0 aromatic heterocycles. The fourth-order valence-electron chi connectivity index (χ4n) is 2.37. The highest BCUT2D eigenvalue weighted by atomic mass is 35.5. The predicted molar refractivity (Wildman–Crippen MR) is 99.2 cm³/mol. The number of carbonyl (C=O) groups excluding carboxylic acids is 1. The van der Waals surface area contributed by atoms with E-state index in [0.717, 1.165) is 11.1 Å². The smallest absolute Gasteiger partial charge is 0.238 e. The molecule has 1 amide bonds. The maximum atomic E-state index is 12.3. The Morgan fingerprint density at radius 1 is 1.25 bits per heavy atom. The monoisotopic (exact) mass is 366 g/mol. The highest BCUT2D eigenvalue weighted by Gasteiger charge is 2.12. The van der Waals surface area contributed by atoms with Crippen LogP contribution < -0.4 is 10.1 Å². The van der Waals surface area contributed by atoms with E-state index in [1.54, 1.807) is 19.2 Å². The fourth-order valence-corrected chi connectivity index (χ4v) is 2.73. The average molecular weight is 367 g/mol. The molecule has 2 aromatic carbocycles. The van der Waals surface area contributed by atoms with Crippen LogP contribution in [0.3, 0.4) is 0 Å². The third-order valence-corrected chi connectivity index (χ3v) is 4.15. The summed E-state index contributed by atoms with van der Waals surface area (Å²) in [7, 11) is 3.42. The van der Waals surface area contributed by atoms with E-state index in [1.807, 2.05) is 43.1 Å². The minimum atomic E-state index is -0.125. The minimum Gasteiger partial charge on any atom is -0.495 e. The number of likely N-dealkylation sites (N-methyl/N-ethyl adjacent to an activating group) is 1. The zero-order chi connectivity index (χ0) is 17.7. The lowest BCUT2D eigenvalue weighted by molar-refractivity contribution is -0.117. The molecular weight excluding hydrogens is 347 g/mol. The molecule has 0 heterocycles. The van der Waals surface area contributed by atoms with E-state index in [-0.39, 0.29) is 12.5 Å². The summed E-state index contributed by atoms with van der Waals surface area (Å²) in [5.41, 5.74) is 2.54. The van der Waals surface area contributed by atoms with Crippen LogP contribution in [0.15, 0.2) is 36.4 Å². The second kappa shape index (κ2) is 8.38. The molecule has 0 aliphatic heterocycles. The van der Waals surface area contributed by atoms with Gasteiger partial charge >= 0.3 is 0 Å². The van der Waals surface area contributed by atoms with Crippen molar-refractivity contribution in [2.24, 2.45) is 0 Å². The van der Waals surface area contributed by atoms with Crippen LogP contribution in [0.1, 0.15) is 11.1 Å². The maximum absolute atomic E-state index is 12.3. The Kier molecular flexibility index (Phi) is 6.49. The summed E-state index contributed by atoms with van der Waals surface area (Å²) in [6.07, 6.45) is 0. The summed E-state index contributed by atoms with van der Waals surface area (Å²) in [6.45, 7) is 2.75. The van der Waals surface area contributed by atoms with Gasteiger partial charge in [0.05, 0.1) is 19.3 Å². The summed E-state index contributed by atoms with van der Waals surface area (Å²) in [6, 6.07) is 11.1. The number of ether oxygens (including phenoxy) is 1. The van der Waals surface area contributed by atoms with Gasteiger partial charge in [0.2, 0.25) is 5.91 Å². The molecule has 1 N–H and O–H groups in total. The predicted octanol–water partition coefficient (Wildman–Crippen LogP) is 4.38. The molecule has 0 saturated heterocycles. The summed E-state index contributed by atoms with van der Waals surface area (Å²) in [5, 5.41) is 4.15. The van der Waals surface area contributed by atoms with Gasteiger partial charge in [-0.2, -0.15) is 0 Å². The number of nitrogens with zero attached hydrogens (tertiary/aromatic N) is 1. The topological polar surface area (TPSA) is 41.6 Å². The molecule has 0 fully saturated rings. The molecule has 6 heteroatoms. The van der Waals surface area contributed by atoms with Crippen molar-refractivity contribution >= 4 is 34.8 Å².